The van der Waals surface area contributed by atoms with Crippen molar-refractivity contribution in [3.63, 3.8) is 0 Å². The molecule has 0 aromatic heterocycles. The Morgan fingerprint density at radius 1 is 1.50 bits per heavy atom. The number of esters is 1. The predicted molar refractivity (Wildman–Crippen MR) is 69.4 cm³/mol. The topological polar surface area (TPSA) is 83.3 Å². The van der Waals surface area contributed by atoms with Gasteiger partial charge in [0.05, 0.1) is 12.3 Å². The lowest BCUT2D eigenvalue weighted by atomic mass is 10.3. The molecule has 0 heterocycles. The minimum Gasteiger partial charge on any atom is -0.461 e. The van der Waals surface area contributed by atoms with Crippen molar-refractivity contribution in [1.82, 2.24) is 0 Å². The first-order chi connectivity index (χ1) is 8.67. The van der Waals surface area contributed by atoms with E-state index in [1.54, 1.807) is 31.2 Å². The van der Waals surface area contributed by atoms with Gasteiger partial charge in [0.25, 0.3) is 0 Å². The summed E-state index contributed by atoms with van der Waals surface area (Å²) in [6.07, 6.45) is 0.890. The smallest absolute Gasteiger partial charge is 0.360 e. The molecule has 7 heteroatoms. The Morgan fingerprint density at radius 2 is 2.17 bits per heavy atom. The fraction of sp³-hybridized carbons (Fsp3) is 0.182. The Hall–Kier alpha value is -2.08. The van der Waals surface area contributed by atoms with Crippen molar-refractivity contribution < 1.29 is 14.7 Å². The van der Waals surface area contributed by atoms with Gasteiger partial charge < -0.3 is 9.94 Å². The Bertz CT molecular complexity index is 457. The van der Waals surface area contributed by atoms with Gasteiger partial charge in [0.2, 0.25) is 0 Å². The molecule has 0 aliphatic heterocycles. The van der Waals surface area contributed by atoms with Crippen LogP contribution in [0, 0.1) is 0 Å². The average molecular weight is 270 g/mol. The van der Waals surface area contributed by atoms with Gasteiger partial charge in [-0.25, -0.2) is 4.79 Å². The molecule has 0 aliphatic carbocycles. The van der Waals surface area contributed by atoms with E-state index >= 15 is 0 Å². The Labute approximate surface area is 109 Å². The second-order valence-corrected chi connectivity index (χ2v) is 3.52. The number of ether oxygens (including phenoxy) is 1. The van der Waals surface area contributed by atoms with Crippen molar-refractivity contribution in [2.24, 2.45) is 10.3 Å². The number of benzene rings is 1. The summed E-state index contributed by atoms with van der Waals surface area (Å²) in [6.45, 7) is 1.87. The van der Waals surface area contributed by atoms with E-state index in [-0.39, 0.29) is 12.3 Å². The molecule has 0 saturated carbocycles. The number of hydrogen-bond donors (Lipinski definition) is 2. The maximum atomic E-state index is 11.4. The van der Waals surface area contributed by atoms with Gasteiger partial charge in [-0.05, 0) is 31.2 Å². The molecule has 0 fully saturated rings. The Morgan fingerprint density at radius 3 is 2.72 bits per heavy atom. The van der Waals surface area contributed by atoms with E-state index in [1.807, 2.05) is 0 Å². The van der Waals surface area contributed by atoms with Crippen molar-refractivity contribution in [3.05, 3.63) is 29.3 Å². The summed E-state index contributed by atoms with van der Waals surface area (Å²) in [5, 5.41) is 15.5. The molecule has 2 N–H and O–H groups in total. The van der Waals surface area contributed by atoms with Crippen LogP contribution in [0.4, 0.5) is 5.69 Å². The first kappa shape index (κ1) is 14.0. The molecule has 0 saturated heterocycles. The maximum absolute atomic E-state index is 11.4. The van der Waals surface area contributed by atoms with E-state index in [0.29, 0.717) is 10.7 Å². The number of hydrazone groups is 1. The lowest BCUT2D eigenvalue weighted by molar-refractivity contribution is -0.134. The third-order valence-electron chi connectivity index (χ3n) is 1.81. The number of nitrogens with one attached hydrogen (secondary N) is 1. The van der Waals surface area contributed by atoms with Crippen LogP contribution >= 0.6 is 11.6 Å². The highest BCUT2D eigenvalue weighted by atomic mass is 35.5. The summed E-state index contributed by atoms with van der Waals surface area (Å²) in [7, 11) is 0. The molecule has 1 rings (SSSR count). The minimum atomic E-state index is -0.684. The molecular formula is C11H12ClN3O3. The minimum absolute atomic E-state index is 0.144. The first-order valence-electron chi connectivity index (χ1n) is 5.11. The van der Waals surface area contributed by atoms with Gasteiger partial charge in [-0.3, -0.25) is 5.43 Å². The van der Waals surface area contributed by atoms with Crippen LogP contribution in [0.1, 0.15) is 6.92 Å². The molecule has 0 spiro atoms. The monoisotopic (exact) mass is 269 g/mol. The number of rotatable bonds is 5. The van der Waals surface area contributed by atoms with Crippen LogP contribution in [-0.4, -0.2) is 29.7 Å². The second kappa shape index (κ2) is 7.29. The number of oxime groups is 1. The molecule has 0 amide bonds. The Balaban J connectivity index is 2.77. The lowest BCUT2D eigenvalue weighted by Crippen LogP contribution is -2.20. The summed E-state index contributed by atoms with van der Waals surface area (Å²) >= 11 is 5.72. The van der Waals surface area contributed by atoms with E-state index in [0.717, 1.165) is 6.21 Å². The third kappa shape index (κ3) is 4.42. The van der Waals surface area contributed by atoms with Gasteiger partial charge in [0.1, 0.15) is 6.21 Å². The summed E-state index contributed by atoms with van der Waals surface area (Å²) in [6, 6.07) is 6.71. The van der Waals surface area contributed by atoms with Gasteiger partial charge in [-0.2, -0.15) is 5.10 Å². The number of halogens is 1. The third-order valence-corrected chi connectivity index (χ3v) is 2.07. The normalized spacial score (nSPS) is 11.6. The van der Waals surface area contributed by atoms with Crippen LogP contribution in [-0.2, 0) is 9.53 Å². The van der Waals surface area contributed by atoms with Gasteiger partial charge in [0.15, 0.2) is 5.71 Å². The second-order valence-electron chi connectivity index (χ2n) is 3.08. The highest BCUT2D eigenvalue weighted by molar-refractivity contribution is 6.59. The van der Waals surface area contributed by atoms with Gasteiger partial charge >= 0.3 is 5.97 Å². The van der Waals surface area contributed by atoms with Gasteiger partial charge in [-0.1, -0.05) is 16.8 Å². The zero-order chi connectivity index (χ0) is 13.4. The van der Waals surface area contributed by atoms with Crippen molar-refractivity contribution in [1.29, 1.82) is 0 Å². The molecule has 0 bridgehead atoms. The van der Waals surface area contributed by atoms with Crippen LogP contribution in [0.15, 0.2) is 34.5 Å². The van der Waals surface area contributed by atoms with Crippen LogP contribution in [0.3, 0.4) is 0 Å². The molecule has 0 radical (unpaired) electrons. The Kier molecular flexibility index (Phi) is 5.66. The molecule has 0 unspecified atom stereocenters. The van der Waals surface area contributed by atoms with Crippen molar-refractivity contribution >= 4 is 35.2 Å². The summed E-state index contributed by atoms with van der Waals surface area (Å²) in [4.78, 5) is 11.4. The quantitative estimate of drug-likeness (QED) is 0.371. The van der Waals surface area contributed by atoms with E-state index < -0.39 is 5.97 Å². The van der Waals surface area contributed by atoms with Crippen molar-refractivity contribution in [3.8, 4) is 0 Å². The largest absolute Gasteiger partial charge is 0.461 e. The van der Waals surface area contributed by atoms with E-state index in [1.165, 1.54) is 0 Å². The van der Waals surface area contributed by atoms with Crippen LogP contribution in [0.2, 0.25) is 5.02 Å². The maximum Gasteiger partial charge on any atom is 0.360 e. The van der Waals surface area contributed by atoms with E-state index in [2.05, 4.69) is 15.7 Å². The van der Waals surface area contributed by atoms with E-state index in [4.69, 9.17) is 21.5 Å². The van der Waals surface area contributed by atoms with Crippen molar-refractivity contribution in [2.45, 2.75) is 6.92 Å². The zero-order valence-electron chi connectivity index (χ0n) is 9.63. The summed E-state index contributed by atoms with van der Waals surface area (Å²) < 4.78 is 4.73. The predicted octanol–water partition coefficient (Wildman–Crippen LogP) is 2.13. The SMILES string of the molecule is CCOC(=O)C(/C=N/O)=N/Nc1ccc(Cl)cc1. The number of hydrogen-bond acceptors (Lipinski definition) is 6. The number of carbonyl (C=O) groups excluding carboxylic acids is 1. The zero-order valence-corrected chi connectivity index (χ0v) is 10.4. The molecule has 1 aromatic rings. The van der Waals surface area contributed by atoms with Gasteiger partial charge in [-0.15, -0.1) is 0 Å². The highest BCUT2D eigenvalue weighted by Crippen LogP contribution is 2.13. The molecule has 0 atom stereocenters. The summed E-state index contributed by atoms with van der Waals surface area (Å²) in [5.74, 6) is -0.684. The van der Waals surface area contributed by atoms with Crippen LogP contribution < -0.4 is 5.43 Å². The molecule has 0 aliphatic rings. The van der Waals surface area contributed by atoms with Gasteiger partial charge in [0, 0.05) is 5.02 Å². The number of anilines is 1. The lowest BCUT2D eigenvalue weighted by Gasteiger charge is -2.03. The molecule has 96 valence electrons. The summed E-state index contributed by atoms with van der Waals surface area (Å²) in [5.41, 5.74) is 3.11. The fourth-order valence-electron chi connectivity index (χ4n) is 1.04. The molecule has 18 heavy (non-hydrogen) atoms. The van der Waals surface area contributed by atoms with E-state index in [9.17, 15) is 4.79 Å². The van der Waals surface area contributed by atoms with Crippen LogP contribution in [0.25, 0.3) is 0 Å². The number of nitrogens with zero attached hydrogens (tertiary/aromatic N) is 2. The van der Waals surface area contributed by atoms with Crippen LogP contribution in [0.5, 0.6) is 0 Å². The standard InChI is InChI=1S/C11H12ClN3O3/c1-2-18-11(16)10(7-13-17)15-14-9-5-3-8(12)4-6-9/h3-7,14,17H,2H2,1H3/b13-7+,15-10+. The number of carbonyl (C=O) groups is 1. The first-order valence-corrected chi connectivity index (χ1v) is 5.49. The van der Waals surface area contributed by atoms with Crippen molar-refractivity contribution in [2.75, 3.05) is 12.0 Å². The molecule has 1 aromatic carbocycles. The fourth-order valence-corrected chi connectivity index (χ4v) is 1.16. The molecular weight excluding hydrogens is 258 g/mol. The molecule has 6 nitrogen and oxygen atoms in total. The highest BCUT2D eigenvalue weighted by Gasteiger charge is 2.10. The average Bonchev–Trinajstić information content (AvgIpc) is 2.36.